The number of hydrogen-bond acceptors (Lipinski definition) is 2. The van der Waals surface area contributed by atoms with Crippen LogP contribution in [0.1, 0.15) is 24.8 Å². The minimum Gasteiger partial charge on any atom is -0.356 e. The molecule has 0 amide bonds. The van der Waals surface area contributed by atoms with Crippen LogP contribution < -0.4 is 10.9 Å². The molecule has 2 aromatic rings. The number of guanidine groups is 1. The number of hydrogen-bond donors (Lipinski definition) is 1. The first kappa shape index (κ1) is 22.5. The molecule has 0 bridgehead atoms. The van der Waals surface area contributed by atoms with Crippen molar-refractivity contribution in [1.29, 1.82) is 0 Å². The van der Waals surface area contributed by atoms with Crippen LogP contribution >= 0.6 is 24.0 Å². The molecule has 1 aliphatic heterocycles. The Balaban J connectivity index is 0.00000280. The van der Waals surface area contributed by atoms with E-state index in [4.69, 9.17) is 0 Å². The lowest BCUT2D eigenvalue weighted by molar-refractivity contribution is 0.457. The summed E-state index contributed by atoms with van der Waals surface area (Å²) in [6, 6.07) is 16.0. The molecule has 1 unspecified atom stereocenters. The Hall–Kier alpha value is -1.83. The Morgan fingerprint density at radius 2 is 1.93 bits per heavy atom. The molecule has 5 nitrogen and oxygen atoms in total. The van der Waals surface area contributed by atoms with Gasteiger partial charge >= 0.3 is 0 Å². The highest BCUT2D eigenvalue weighted by atomic mass is 127. The van der Waals surface area contributed by atoms with Crippen molar-refractivity contribution in [2.24, 2.45) is 10.9 Å². The van der Waals surface area contributed by atoms with Crippen molar-refractivity contribution in [2.45, 2.75) is 32.2 Å². The maximum Gasteiger partial charge on any atom is 0.250 e. The summed E-state index contributed by atoms with van der Waals surface area (Å²) in [7, 11) is 1.86. The fraction of sp³-hybridized carbons (Fsp3) is 0.455. The summed E-state index contributed by atoms with van der Waals surface area (Å²) in [5.74, 6) is 1.69. The van der Waals surface area contributed by atoms with Crippen molar-refractivity contribution in [3.63, 3.8) is 0 Å². The second kappa shape index (κ2) is 11.9. The van der Waals surface area contributed by atoms with Crippen molar-refractivity contribution in [3.8, 4) is 0 Å². The number of unbranched alkanes of at least 4 members (excludes halogenated alkanes) is 1. The lowest BCUT2D eigenvalue weighted by Gasteiger charge is -2.22. The van der Waals surface area contributed by atoms with Crippen LogP contribution in [-0.2, 0) is 13.0 Å². The van der Waals surface area contributed by atoms with Crippen molar-refractivity contribution < 1.29 is 0 Å². The topological polar surface area (TPSA) is 49.6 Å². The zero-order chi connectivity index (χ0) is 18.9. The van der Waals surface area contributed by atoms with Crippen LogP contribution in [0.4, 0.5) is 0 Å². The fourth-order valence-corrected chi connectivity index (χ4v) is 3.72. The first-order valence-electron chi connectivity index (χ1n) is 9.91. The third kappa shape index (κ3) is 6.65. The van der Waals surface area contributed by atoms with E-state index in [2.05, 4.69) is 45.5 Å². The first-order valence-corrected chi connectivity index (χ1v) is 9.91. The molecule has 3 rings (SSSR count). The highest BCUT2D eigenvalue weighted by Crippen LogP contribution is 2.20. The molecule has 6 heteroatoms. The molecule has 152 valence electrons. The molecule has 1 aromatic carbocycles. The van der Waals surface area contributed by atoms with Gasteiger partial charge in [0.25, 0.3) is 0 Å². The highest BCUT2D eigenvalue weighted by molar-refractivity contribution is 14.0. The number of pyridine rings is 1. The van der Waals surface area contributed by atoms with E-state index in [1.165, 1.54) is 12.0 Å². The average Bonchev–Trinajstić information content (AvgIpc) is 3.15. The summed E-state index contributed by atoms with van der Waals surface area (Å²) in [6.45, 7) is 3.78. The van der Waals surface area contributed by atoms with Gasteiger partial charge in [-0.2, -0.15) is 0 Å². The van der Waals surface area contributed by atoms with Crippen LogP contribution in [0.15, 0.2) is 64.5 Å². The van der Waals surface area contributed by atoms with E-state index in [-0.39, 0.29) is 29.5 Å². The molecule has 2 heterocycles. The number of likely N-dealkylation sites (tertiary alicyclic amines) is 1. The summed E-state index contributed by atoms with van der Waals surface area (Å²) in [6.07, 6.45) is 6.20. The quantitative estimate of drug-likeness (QED) is 0.278. The Labute approximate surface area is 184 Å². The van der Waals surface area contributed by atoms with Crippen molar-refractivity contribution in [3.05, 3.63) is 70.6 Å². The minimum absolute atomic E-state index is 0. The molecular formula is C22H31IN4O. The third-order valence-corrected chi connectivity index (χ3v) is 5.17. The van der Waals surface area contributed by atoms with Gasteiger partial charge in [-0.15, -0.1) is 24.0 Å². The zero-order valence-electron chi connectivity index (χ0n) is 16.6. The summed E-state index contributed by atoms with van der Waals surface area (Å²) < 4.78 is 1.77. The summed E-state index contributed by atoms with van der Waals surface area (Å²) in [4.78, 5) is 18.5. The number of nitrogens with zero attached hydrogens (tertiary/aromatic N) is 3. The molecule has 1 aliphatic rings. The Morgan fingerprint density at radius 1 is 1.14 bits per heavy atom. The largest absolute Gasteiger partial charge is 0.356 e. The van der Waals surface area contributed by atoms with Crippen LogP contribution in [0, 0.1) is 5.92 Å². The van der Waals surface area contributed by atoms with Gasteiger partial charge in [0.2, 0.25) is 5.56 Å². The lowest BCUT2D eigenvalue weighted by atomic mass is 9.99. The molecular weight excluding hydrogens is 463 g/mol. The molecule has 1 N–H and O–H groups in total. The van der Waals surface area contributed by atoms with Gasteiger partial charge in [0.1, 0.15) is 0 Å². The number of halogens is 1. The van der Waals surface area contributed by atoms with Crippen LogP contribution in [-0.4, -0.2) is 42.1 Å². The molecule has 1 atom stereocenters. The second-order valence-corrected chi connectivity index (χ2v) is 7.20. The van der Waals surface area contributed by atoms with E-state index in [1.54, 1.807) is 16.7 Å². The van der Waals surface area contributed by atoms with Gasteiger partial charge in [0.05, 0.1) is 0 Å². The maximum absolute atomic E-state index is 11.7. The molecule has 1 saturated heterocycles. The molecule has 0 spiro atoms. The fourth-order valence-electron chi connectivity index (χ4n) is 3.72. The van der Waals surface area contributed by atoms with E-state index < -0.39 is 0 Å². The predicted octanol–water partition coefficient (Wildman–Crippen LogP) is 3.39. The molecule has 1 fully saturated rings. The number of aryl methyl sites for hydroxylation is 1. The van der Waals surface area contributed by atoms with Crippen LogP contribution in [0.25, 0.3) is 0 Å². The SMILES string of the molecule is CN=C(NCCCCn1ccccc1=O)N1CCC(Cc2ccccc2)C1.I. The van der Waals surface area contributed by atoms with Crippen molar-refractivity contribution in [1.82, 2.24) is 14.8 Å². The monoisotopic (exact) mass is 494 g/mol. The van der Waals surface area contributed by atoms with Gasteiger partial charge in [-0.25, -0.2) is 0 Å². The Kier molecular flexibility index (Phi) is 9.54. The van der Waals surface area contributed by atoms with Gasteiger partial charge < -0.3 is 14.8 Å². The first-order chi connectivity index (χ1) is 13.3. The van der Waals surface area contributed by atoms with Gasteiger partial charge in [0.15, 0.2) is 5.96 Å². The van der Waals surface area contributed by atoms with Crippen LogP contribution in [0.2, 0.25) is 0 Å². The number of aromatic nitrogens is 1. The zero-order valence-corrected chi connectivity index (χ0v) is 18.9. The van der Waals surface area contributed by atoms with Gasteiger partial charge in [-0.3, -0.25) is 9.79 Å². The molecule has 28 heavy (non-hydrogen) atoms. The van der Waals surface area contributed by atoms with Gasteiger partial charge in [-0.05, 0) is 43.2 Å². The van der Waals surface area contributed by atoms with E-state index in [9.17, 15) is 4.79 Å². The average molecular weight is 494 g/mol. The number of benzene rings is 1. The lowest BCUT2D eigenvalue weighted by Crippen LogP contribution is -2.40. The number of nitrogens with one attached hydrogen (secondary N) is 1. The summed E-state index contributed by atoms with van der Waals surface area (Å²) in [5.41, 5.74) is 1.49. The van der Waals surface area contributed by atoms with E-state index in [1.807, 2.05) is 19.3 Å². The second-order valence-electron chi connectivity index (χ2n) is 7.20. The molecule has 0 saturated carbocycles. The minimum atomic E-state index is 0. The van der Waals surface area contributed by atoms with Crippen LogP contribution in [0.3, 0.4) is 0 Å². The van der Waals surface area contributed by atoms with E-state index in [0.717, 1.165) is 51.4 Å². The molecule has 0 radical (unpaired) electrons. The van der Waals surface area contributed by atoms with Gasteiger partial charge in [0, 0.05) is 45.5 Å². The Bertz CT molecular complexity index is 790. The maximum atomic E-state index is 11.7. The highest BCUT2D eigenvalue weighted by Gasteiger charge is 2.24. The Morgan fingerprint density at radius 3 is 2.68 bits per heavy atom. The van der Waals surface area contributed by atoms with E-state index >= 15 is 0 Å². The summed E-state index contributed by atoms with van der Waals surface area (Å²) in [5, 5.41) is 3.49. The van der Waals surface area contributed by atoms with Crippen LogP contribution in [0.5, 0.6) is 0 Å². The number of aliphatic imine (C=N–C) groups is 1. The van der Waals surface area contributed by atoms with Gasteiger partial charge in [-0.1, -0.05) is 36.4 Å². The molecule has 1 aromatic heterocycles. The van der Waals surface area contributed by atoms with Crippen molar-refractivity contribution in [2.75, 3.05) is 26.7 Å². The van der Waals surface area contributed by atoms with Crippen molar-refractivity contribution >= 4 is 29.9 Å². The molecule has 0 aliphatic carbocycles. The predicted molar refractivity (Wildman–Crippen MR) is 127 cm³/mol. The third-order valence-electron chi connectivity index (χ3n) is 5.17. The normalized spacial score (nSPS) is 16.7. The smallest absolute Gasteiger partial charge is 0.250 e. The standard InChI is InChI=1S/C22H30N4O.HI/c1-23-22(24-13-6-8-15-25-14-7-5-11-21(25)27)26-16-12-20(18-26)17-19-9-3-2-4-10-19;/h2-5,7,9-11,14,20H,6,8,12-13,15-18H2,1H3,(H,23,24);1H. The summed E-state index contributed by atoms with van der Waals surface area (Å²) >= 11 is 0. The van der Waals surface area contributed by atoms with E-state index in [0.29, 0.717) is 5.92 Å². The number of rotatable bonds is 7.